The van der Waals surface area contributed by atoms with Crippen molar-refractivity contribution in [3.05, 3.63) is 52.0 Å². The molecule has 78 valence electrons. The zero-order valence-electron chi connectivity index (χ0n) is 8.24. The highest BCUT2D eigenvalue weighted by molar-refractivity contribution is 9.10. The Balaban J connectivity index is 2.24. The normalized spacial score (nSPS) is 10.6. The molecule has 0 unspecified atom stereocenters. The molecule has 2 rings (SSSR count). The lowest BCUT2D eigenvalue weighted by Crippen LogP contribution is -2.00. The Hall–Kier alpha value is -1.16. The highest BCUT2D eigenvalue weighted by Crippen LogP contribution is 2.15. The van der Waals surface area contributed by atoms with Crippen LogP contribution < -0.4 is 0 Å². The highest BCUT2D eigenvalue weighted by Gasteiger charge is 2.01. The molecule has 15 heavy (non-hydrogen) atoms. The molecule has 1 aromatic carbocycles. The molecular weight excluding hydrogens is 259 g/mol. The molecule has 1 heterocycles. The summed E-state index contributed by atoms with van der Waals surface area (Å²) in [5.41, 5.74) is 1.86. The molecule has 0 saturated heterocycles. The van der Waals surface area contributed by atoms with E-state index in [9.17, 15) is 4.39 Å². The van der Waals surface area contributed by atoms with Gasteiger partial charge >= 0.3 is 0 Å². The lowest BCUT2D eigenvalue weighted by molar-refractivity contribution is 0.617. The zero-order valence-corrected chi connectivity index (χ0v) is 9.83. The summed E-state index contributed by atoms with van der Waals surface area (Å²) in [4.78, 5) is 0. The lowest BCUT2D eigenvalue weighted by atomic mass is 10.2. The molecule has 2 aromatic rings. The van der Waals surface area contributed by atoms with Gasteiger partial charge in [-0.2, -0.15) is 5.10 Å². The van der Waals surface area contributed by atoms with Crippen molar-refractivity contribution >= 4 is 15.9 Å². The van der Waals surface area contributed by atoms with Crippen molar-refractivity contribution < 1.29 is 4.39 Å². The molecule has 0 amide bonds. The Morgan fingerprint density at radius 2 is 2.20 bits per heavy atom. The van der Waals surface area contributed by atoms with E-state index in [1.54, 1.807) is 4.68 Å². The van der Waals surface area contributed by atoms with Crippen molar-refractivity contribution in [3.8, 4) is 0 Å². The van der Waals surface area contributed by atoms with Crippen LogP contribution >= 0.6 is 15.9 Å². The second-order valence-electron chi connectivity index (χ2n) is 3.43. The van der Waals surface area contributed by atoms with Gasteiger partial charge in [0.15, 0.2) is 0 Å². The van der Waals surface area contributed by atoms with Crippen molar-refractivity contribution in [2.75, 3.05) is 0 Å². The number of hydrogen-bond donors (Lipinski definition) is 0. The molecular formula is C11H10BrFN2. The number of halogens is 2. The fourth-order valence-corrected chi connectivity index (χ4v) is 1.95. The van der Waals surface area contributed by atoms with Gasteiger partial charge in [-0.05, 0) is 36.8 Å². The van der Waals surface area contributed by atoms with Crippen LogP contribution in [-0.4, -0.2) is 9.78 Å². The summed E-state index contributed by atoms with van der Waals surface area (Å²) in [7, 11) is 0. The smallest absolute Gasteiger partial charge is 0.124 e. The molecule has 0 saturated carbocycles. The molecule has 0 aliphatic rings. The van der Waals surface area contributed by atoms with Crippen molar-refractivity contribution in [2.24, 2.45) is 0 Å². The SMILES string of the molecule is Cc1ccn(Cc2cc(F)cc(Br)c2)n1. The zero-order chi connectivity index (χ0) is 10.8. The van der Waals surface area contributed by atoms with Crippen molar-refractivity contribution in [2.45, 2.75) is 13.5 Å². The largest absolute Gasteiger partial charge is 0.268 e. The lowest BCUT2D eigenvalue weighted by Gasteiger charge is -2.03. The molecule has 4 heteroatoms. The number of aryl methyl sites for hydroxylation is 1. The Kier molecular flexibility index (Phi) is 2.86. The number of nitrogens with zero attached hydrogens (tertiary/aromatic N) is 2. The van der Waals surface area contributed by atoms with Gasteiger partial charge in [-0.25, -0.2) is 4.39 Å². The third-order valence-electron chi connectivity index (χ3n) is 2.04. The van der Waals surface area contributed by atoms with Crippen molar-refractivity contribution in [3.63, 3.8) is 0 Å². The first kappa shape index (κ1) is 10.4. The highest BCUT2D eigenvalue weighted by atomic mass is 79.9. The average molecular weight is 269 g/mol. The van der Waals surface area contributed by atoms with E-state index in [0.29, 0.717) is 6.54 Å². The maximum absolute atomic E-state index is 13.1. The Labute approximate surface area is 95.9 Å². The molecule has 0 aliphatic heterocycles. The molecule has 0 aliphatic carbocycles. The maximum atomic E-state index is 13.1. The topological polar surface area (TPSA) is 17.8 Å². The van der Waals surface area contributed by atoms with Gasteiger partial charge in [0.05, 0.1) is 12.2 Å². The third-order valence-corrected chi connectivity index (χ3v) is 2.50. The van der Waals surface area contributed by atoms with Crippen LogP contribution in [0.3, 0.4) is 0 Å². The Bertz CT molecular complexity index is 459. The molecule has 0 spiro atoms. The fraction of sp³-hybridized carbons (Fsp3) is 0.182. The standard InChI is InChI=1S/C11H10BrFN2/c1-8-2-3-15(14-8)7-9-4-10(12)6-11(13)5-9/h2-6H,7H2,1H3. The minimum absolute atomic E-state index is 0.233. The minimum Gasteiger partial charge on any atom is -0.268 e. The van der Waals surface area contributed by atoms with E-state index in [1.807, 2.05) is 25.3 Å². The summed E-state index contributed by atoms with van der Waals surface area (Å²) >= 11 is 3.26. The molecule has 0 radical (unpaired) electrons. The summed E-state index contributed by atoms with van der Waals surface area (Å²) in [6, 6.07) is 6.77. The van der Waals surface area contributed by atoms with Gasteiger partial charge in [-0.3, -0.25) is 4.68 Å². The first-order valence-corrected chi connectivity index (χ1v) is 5.38. The maximum Gasteiger partial charge on any atom is 0.124 e. The van der Waals surface area contributed by atoms with Crippen LogP contribution in [0.2, 0.25) is 0 Å². The molecule has 0 bridgehead atoms. The summed E-state index contributed by atoms with van der Waals surface area (Å²) in [5, 5.41) is 4.24. The molecule has 0 atom stereocenters. The number of benzene rings is 1. The molecule has 2 nitrogen and oxygen atoms in total. The van der Waals surface area contributed by atoms with Gasteiger partial charge in [-0.15, -0.1) is 0 Å². The van der Waals surface area contributed by atoms with E-state index >= 15 is 0 Å². The second kappa shape index (κ2) is 4.14. The third kappa shape index (κ3) is 2.65. The summed E-state index contributed by atoms with van der Waals surface area (Å²) in [6.07, 6.45) is 1.88. The predicted octanol–water partition coefficient (Wildman–Crippen LogP) is 3.14. The van der Waals surface area contributed by atoms with Crippen LogP contribution in [0.4, 0.5) is 4.39 Å². The first-order valence-electron chi connectivity index (χ1n) is 4.58. The second-order valence-corrected chi connectivity index (χ2v) is 4.35. The van der Waals surface area contributed by atoms with Crippen LogP contribution in [-0.2, 0) is 6.54 Å². The fourth-order valence-electron chi connectivity index (χ4n) is 1.44. The van der Waals surface area contributed by atoms with E-state index in [-0.39, 0.29) is 5.82 Å². The quantitative estimate of drug-likeness (QED) is 0.819. The minimum atomic E-state index is -0.233. The summed E-state index contributed by atoms with van der Waals surface area (Å²) in [5.74, 6) is -0.233. The Morgan fingerprint density at radius 3 is 2.80 bits per heavy atom. The van der Waals surface area contributed by atoms with Crippen LogP contribution in [0.15, 0.2) is 34.9 Å². The van der Waals surface area contributed by atoms with Crippen molar-refractivity contribution in [1.29, 1.82) is 0 Å². The molecule has 1 aromatic heterocycles. The van der Waals surface area contributed by atoms with Crippen molar-refractivity contribution in [1.82, 2.24) is 9.78 Å². The van der Waals surface area contributed by atoms with Crippen LogP contribution in [0.25, 0.3) is 0 Å². The van der Waals surface area contributed by atoms with Gasteiger partial charge in [-0.1, -0.05) is 15.9 Å². The Morgan fingerprint density at radius 1 is 1.40 bits per heavy atom. The number of rotatable bonds is 2. The molecule has 0 fully saturated rings. The van der Waals surface area contributed by atoms with Crippen LogP contribution in [0, 0.1) is 12.7 Å². The average Bonchev–Trinajstić information content (AvgIpc) is 2.49. The van der Waals surface area contributed by atoms with Gasteiger partial charge in [0.2, 0.25) is 0 Å². The summed E-state index contributed by atoms with van der Waals surface area (Å²) < 4.78 is 15.6. The van der Waals surface area contributed by atoms with Gasteiger partial charge < -0.3 is 0 Å². The van der Waals surface area contributed by atoms with Gasteiger partial charge in [0.1, 0.15) is 5.82 Å². The van der Waals surface area contributed by atoms with E-state index in [0.717, 1.165) is 15.7 Å². The van der Waals surface area contributed by atoms with Crippen LogP contribution in [0.1, 0.15) is 11.3 Å². The van der Waals surface area contributed by atoms with Gasteiger partial charge in [0, 0.05) is 10.7 Å². The van der Waals surface area contributed by atoms with E-state index in [2.05, 4.69) is 21.0 Å². The predicted molar refractivity (Wildman–Crippen MR) is 60.2 cm³/mol. The van der Waals surface area contributed by atoms with E-state index in [1.165, 1.54) is 12.1 Å². The van der Waals surface area contributed by atoms with Crippen LogP contribution in [0.5, 0.6) is 0 Å². The monoisotopic (exact) mass is 268 g/mol. The van der Waals surface area contributed by atoms with E-state index in [4.69, 9.17) is 0 Å². The summed E-state index contributed by atoms with van der Waals surface area (Å²) in [6.45, 7) is 2.52. The van der Waals surface area contributed by atoms with Gasteiger partial charge in [0.25, 0.3) is 0 Å². The molecule has 0 N–H and O–H groups in total. The van der Waals surface area contributed by atoms with E-state index < -0.39 is 0 Å². The number of aromatic nitrogens is 2. The number of hydrogen-bond acceptors (Lipinski definition) is 1. The first-order chi connectivity index (χ1) is 7.13.